The molecule has 2 unspecified atom stereocenters. The molecule has 0 saturated heterocycles. The van der Waals surface area contributed by atoms with Crippen molar-refractivity contribution in [3.8, 4) is 0 Å². The summed E-state index contributed by atoms with van der Waals surface area (Å²) in [6.45, 7) is 1.67. The van der Waals surface area contributed by atoms with Crippen LogP contribution in [0, 0.1) is 5.82 Å². The van der Waals surface area contributed by atoms with Crippen molar-refractivity contribution in [1.82, 2.24) is 4.72 Å². The number of benzene rings is 1. The molecule has 21 heavy (non-hydrogen) atoms. The third kappa shape index (κ3) is 5.42. The van der Waals surface area contributed by atoms with E-state index in [2.05, 4.69) is 16.9 Å². The van der Waals surface area contributed by atoms with Gasteiger partial charge in [-0.05, 0) is 31.5 Å². The minimum Gasteiger partial charge on any atom is -0.389 e. The molecule has 0 bridgehead atoms. The van der Waals surface area contributed by atoms with Crippen molar-refractivity contribution >= 4 is 38.0 Å². The molecular formula is C12H17FN2O3S3. The van der Waals surface area contributed by atoms with E-state index in [1.165, 1.54) is 0 Å². The van der Waals surface area contributed by atoms with Crippen molar-refractivity contribution < 1.29 is 17.0 Å². The van der Waals surface area contributed by atoms with Gasteiger partial charge in [-0.15, -0.1) is 0 Å². The predicted molar refractivity (Wildman–Crippen MR) is 85.6 cm³/mol. The summed E-state index contributed by atoms with van der Waals surface area (Å²) in [6.07, 6.45) is 1.99. The van der Waals surface area contributed by atoms with Gasteiger partial charge in [0.15, 0.2) is 0 Å². The zero-order valence-electron chi connectivity index (χ0n) is 11.6. The van der Waals surface area contributed by atoms with E-state index in [0.717, 1.165) is 18.2 Å². The second-order valence-corrected chi connectivity index (χ2v) is 8.30. The number of hydrogen-bond donors (Lipinski definition) is 2. The third-order valence-corrected chi connectivity index (χ3v) is 5.33. The SMILES string of the molecule is CC(CCS(C)=O)NS(=O)(=O)c1ccc(F)c(C(N)=S)c1. The molecule has 3 N–H and O–H groups in total. The van der Waals surface area contributed by atoms with Crippen LogP contribution in [0.4, 0.5) is 4.39 Å². The number of halogens is 1. The van der Waals surface area contributed by atoms with Gasteiger partial charge < -0.3 is 5.73 Å². The normalized spacial score (nSPS) is 14.6. The Hall–Kier alpha value is -0.900. The molecule has 0 heterocycles. The van der Waals surface area contributed by atoms with E-state index in [9.17, 15) is 17.0 Å². The predicted octanol–water partition coefficient (Wildman–Crippen LogP) is 0.895. The Morgan fingerprint density at radius 1 is 1.52 bits per heavy atom. The van der Waals surface area contributed by atoms with Crippen molar-refractivity contribution in [2.75, 3.05) is 12.0 Å². The highest BCUT2D eigenvalue weighted by Crippen LogP contribution is 2.16. The van der Waals surface area contributed by atoms with Gasteiger partial charge in [0.05, 0.1) is 4.90 Å². The van der Waals surface area contributed by atoms with Gasteiger partial charge in [-0.3, -0.25) is 4.21 Å². The molecule has 0 amide bonds. The van der Waals surface area contributed by atoms with Gasteiger partial charge in [-0.2, -0.15) is 0 Å². The van der Waals surface area contributed by atoms with Gasteiger partial charge in [0, 0.05) is 34.4 Å². The molecule has 0 radical (unpaired) electrons. The average Bonchev–Trinajstić information content (AvgIpc) is 2.35. The largest absolute Gasteiger partial charge is 0.389 e. The fraction of sp³-hybridized carbons (Fsp3) is 0.417. The first-order valence-electron chi connectivity index (χ1n) is 6.05. The first-order valence-corrected chi connectivity index (χ1v) is 9.67. The maximum absolute atomic E-state index is 13.5. The standard InChI is InChI=1S/C12H17FN2O3S3/c1-8(5-6-20(2)16)15-21(17,18)9-3-4-11(13)10(7-9)12(14)19/h3-4,7-8,15H,5-6H2,1-2H3,(H2,14,19). The Bertz CT molecular complexity index is 662. The Kier molecular flexibility index (Phi) is 6.39. The lowest BCUT2D eigenvalue weighted by Gasteiger charge is -2.14. The van der Waals surface area contributed by atoms with E-state index in [-0.39, 0.29) is 15.4 Å². The smallest absolute Gasteiger partial charge is 0.240 e. The van der Waals surface area contributed by atoms with Crippen LogP contribution < -0.4 is 10.5 Å². The van der Waals surface area contributed by atoms with Crippen LogP contribution in [0.2, 0.25) is 0 Å². The molecule has 5 nitrogen and oxygen atoms in total. The zero-order chi connectivity index (χ0) is 16.2. The van der Waals surface area contributed by atoms with Crippen molar-refractivity contribution in [2.45, 2.75) is 24.3 Å². The lowest BCUT2D eigenvalue weighted by atomic mass is 10.2. The second kappa shape index (κ2) is 7.39. The minimum absolute atomic E-state index is 0.115. The number of nitrogens with two attached hydrogens (primary N) is 1. The van der Waals surface area contributed by atoms with Crippen molar-refractivity contribution in [2.24, 2.45) is 5.73 Å². The molecule has 1 rings (SSSR count). The molecule has 9 heteroatoms. The topological polar surface area (TPSA) is 89.3 Å². The number of hydrogen-bond acceptors (Lipinski definition) is 4. The van der Waals surface area contributed by atoms with Crippen LogP contribution in [0.25, 0.3) is 0 Å². The molecule has 0 aliphatic heterocycles. The maximum atomic E-state index is 13.5. The molecule has 0 fully saturated rings. The molecule has 0 aromatic heterocycles. The fourth-order valence-electron chi connectivity index (χ4n) is 1.59. The lowest BCUT2D eigenvalue weighted by Crippen LogP contribution is -2.33. The number of nitrogens with one attached hydrogen (secondary N) is 1. The van der Waals surface area contributed by atoms with E-state index in [4.69, 9.17) is 5.73 Å². The highest BCUT2D eigenvalue weighted by molar-refractivity contribution is 7.89. The summed E-state index contributed by atoms with van der Waals surface area (Å²) in [5.41, 5.74) is 5.24. The van der Waals surface area contributed by atoms with Gasteiger partial charge in [-0.1, -0.05) is 12.2 Å². The Morgan fingerprint density at radius 2 is 2.14 bits per heavy atom. The zero-order valence-corrected chi connectivity index (χ0v) is 14.1. The van der Waals surface area contributed by atoms with Crippen LogP contribution >= 0.6 is 12.2 Å². The molecule has 0 spiro atoms. The summed E-state index contributed by atoms with van der Waals surface area (Å²) in [5, 5.41) is 0. The summed E-state index contributed by atoms with van der Waals surface area (Å²) in [4.78, 5) is -0.324. The van der Waals surface area contributed by atoms with Gasteiger partial charge in [0.1, 0.15) is 10.8 Å². The van der Waals surface area contributed by atoms with Crippen LogP contribution in [-0.4, -0.2) is 35.7 Å². The fourth-order valence-corrected chi connectivity index (χ4v) is 3.74. The average molecular weight is 352 g/mol. The van der Waals surface area contributed by atoms with Crippen molar-refractivity contribution in [3.63, 3.8) is 0 Å². The summed E-state index contributed by atoms with van der Waals surface area (Å²) in [6, 6.07) is 2.86. The van der Waals surface area contributed by atoms with E-state index in [1.54, 1.807) is 13.2 Å². The molecule has 0 aliphatic carbocycles. The quantitative estimate of drug-likeness (QED) is 0.712. The first kappa shape index (κ1) is 18.1. The second-order valence-electron chi connectivity index (χ2n) is 4.59. The number of sulfonamides is 1. The van der Waals surface area contributed by atoms with Crippen LogP contribution in [0.3, 0.4) is 0 Å². The monoisotopic (exact) mass is 352 g/mol. The molecule has 1 aromatic rings. The minimum atomic E-state index is -3.81. The summed E-state index contributed by atoms with van der Waals surface area (Å²) >= 11 is 4.68. The molecular weight excluding hydrogens is 335 g/mol. The van der Waals surface area contributed by atoms with E-state index in [1.807, 2.05) is 0 Å². The van der Waals surface area contributed by atoms with Crippen LogP contribution in [0.15, 0.2) is 23.1 Å². The number of rotatable bonds is 7. The molecule has 0 saturated carbocycles. The van der Waals surface area contributed by atoms with E-state index < -0.39 is 32.7 Å². The van der Waals surface area contributed by atoms with Gasteiger partial charge >= 0.3 is 0 Å². The van der Waals surface area contributed by atoms with Gasteiger partial charge in [0.2, 0.25) is 10.0 Å². The van der Waals surface area contributed by atoms with Crippen molar-refractivity contribution in [3.05, 3.63) is 29.6 Å². The molecule has 0 aliphatic rings. The summed E-state index contributed by atoms with van der Waals surface area (Å²) in [7, 11) is -4.80. The third-order valence-electron chi connectivity index (χ3n) is 2.71. The van der Waals surface area contributed by atoms with Crippen LogP contribution in [0.5, 0.6) is 0 Å². The van der Waals surface area contributed by atoms with Crippen LogP contribution in [-0.2, 0) is 20.8 Å². The maximum Gasteiger partial charge on any atom is 0.240 e. The van der Waals surface area contributed by atoms with Gasteiger partial charge in [0.25, 0.3) is 0 Å². The van der Waals surface area contributed by atoms with E-state index >= 15 is 0 Å². The lowest BCUT2D eigenvalue weighted by molar-refractivity contribution is 0.555. The molecule has 2 atom stereocenters. The first-order chi connectivity index (χ1) is 9.63. The van der Waals surface area contributed by atoms with E-state index in [0.29, 0.717) is 12.2 Å². The molecule has 118 valence electrons. The summed E-state index contributed by atoms with van der Waals surface area (Å²) in [5.74, 6) is -0.276. The van der Waals surface area contributed by atoms with Crippen LogP contribution in [0.1, 0.15) is 18.9 Å². The van der Waals surface area contributed by atoms with Gasteiger partial charge in [-0.25, -0.2) is 17.5 Å². The Morgan fingerprint density at radius 3 is 2.67 bits per heavy atom. The van der Waals surface area contributed by atoms with Crippen molar-refractivity contribution in [1.29, 1.82) is 0 Å². The Labute approximate surface area is 131 Å². The highest BCUT2D eigenvalue weighted by Gasteiger charge is 2.19. The Balaban J connectivity index is 2.95. The highest BCUT2D eigenvalue weighted by atomic mass is 32.2. The molecule has 1 aromatic carbocycles. The summed E-state index contributed by atoms with van der Waals surface area (Å²) < 4.78 is 51.3. The number of thiocarbonyl (C=S) groups is 1.